The molecule has 3 aromatic rings. The molecule has 3 rings (SSSR count). The van der Waals surface area contributed by atoms with E-state index in [-0.39, 0.29) is 34.8 Å². The van der Waals surface area contributed by atoms with Crippen LogP contribution in [0.25, 0.3) is 0 Å². The van der Waals surface area contributed by atoms with Gasteiger partial charge in [-0.05, 0) is 60.5 Å². The summed E-state index contributed by atoms with van der Waals surface area (Å²) in [6, 6.07) is 16.3. The van der Waals surface area contributed by atoms with E-state index in [1.54, 1.807) is 0 Å². The van der Waals surface area contributed by atoms with Crippen LogP contribution >= 0.6 is 11.6 Å². The molecule has 2 aromatic carbocycles. The molecule has 1 aromatic heterocycles. The molecule has 0 radical (unpaired) electrons. The third kappa shape index (κ3) is 6.66. The highest BCUT2D eigenvalue weighted by Gasteiger charge is 2.15. The normalized spacial score (nSPS) is 11.0. The Hall–Kier alpha value is -3.17. The Bertz CT molecular complexity index is 1120. The number of carbonyl (C=O) groups is 1. The van der Waals surface area contributed by atoms with E-state index in [9.17, 15) is 13.2 Å². The Balaban J connectivity index is 1.50. The summed E-state index contributed by atoms with van der Waals surface area (Å²) in [6.07, 6.45) is 1.11. The molecule has 8 nitrogen and oxygen atoms in total. The summed E-state index contributed by atoms with van der Waals surface area (Å²) in [4.78, 5) is 12.1. The van der Waals surface area contributed by atoms with Crippen molar-refractivity contribution in [3.8, 4) is 5.75 Å². The fourth-order valence-corrected chi connectivity index (χ4v) is 3.69. The molecule has 1 heterocycles. The van der Waals surface area contributed by atoms with Gasteiger partial charge in [-0.25, -0.2) is 8.42 Å². The quantitative estimate of drug-likeness (QED) is 0.501. The van der Waals surface area contributed by atoms with Crippen molar-refractivity contribution in [2.75, 3.05) is 16.6 Å². The number of hydrogen-bond donors (Lipinski definition) is 2. The van der Waals surface area contributed by atoms with Gasteiger partial charge in [0.25, 0.3) is 10.0 Å². The topological polar surface area (TPSA) is 110 Å². The van der Waals surface area contributed by atoms with Crippen LogP contribution in [0.5, 0.6) is 5.75 Å². The number of sulfonamides is 1. The number of aromatic nitrogens is 2. The smallest absolute Gasteiger partial charge is 0.263 e. The Morgan fingerprint density at radius 2 is 1.71 bits per heavy atom. The summed E-state index contributed by atoms with van der Waals surface area (Å²) in [7, 11) is -3.85. The van der Waals surface area contributed by atoms with Crippen molar-refractivity contribution < 1.29 is 17.9 Å². The second-order valence-corrected chi connectivity index (χ2v) is 8.58. The first-order valence-corrected chi connectivity index (χ1v) is 11.4. The molecule has 1 amide bonds. The minimum absolute atomic E-state index is 0.0149. The molecule has 0 aliphatic carbocycles. The Morgan fingerprint density at radius 1 is 1.00 bits per heavy atom. The summed E-state index contributed by atoms with van der Waals surface area (Å²) in [5, 5.41) is 10.1. The van der Waals surface area contributed by atoms with Crippen LogP contribution in [0.4, 0.5) is 11.5 Å². The molecule has 0 atom stereocenters. The SMILES string of the molecule is CCc1ccc(OCCC(=O)Nc2ccc(S(=O)(=O)Nc3ccc(Cl)nn3)cc2)cc1. The summed E-state index contributed by atoms with van der Waals surface area (Å²) < 4.78 is 32.7. The van der Waals surface area contributed by atoms with Gasteiger partial charge in [-0.1, -0.05) is 30.7 Å². The standard InChI is InChI=1S/C21H21ClN4O4S/c1-2-15-3-7-17(8-4-15)30-14-13-21(27)23-16-5-9-18(10-6-16)31(28,29)26-20-12-11-19(22)24-25-20/h3-12H,2,13-14H2,1H3,(H,23,27)(H,25,26). The first-order valence-electron chi connectivity index (χ1n) is 9.49. The van der Waals surface area contributed by atoms with Crippen molar-refractivity contribution >= 4 is 39.0 Å². The molecule has 2 N–H and O–H groups in total. The molecule has 0 aliphatic rings. The third-order valence-corrected chi connectivity index (χ3v) is 5.82. The molecule has 31 heavy (non-hydrogen) atoms. The van der Waals surface area contributed by atoms with E-state index in [0.29, 0.717) is 11.4 Å². The summed E-state index contributed by atoms with van der Waals surface area (Å²) in [6.45, 7) is 2.31. The van der Waals surface area contributed by atoms with Gasteiger partial charge < -0.3 is 10.1 Å². The molecule has 0 unspecified atom stereocenters. The number of aryl methyl sites for hydroxylation is 1. The number of ether oxygens (including phenoxy) is 1. The zero-order valence-electron chi connectivity index (χ0n) is 16.7. The van der Waals surface area contributed by atoms with Crippen LogP contribution in [0.15, 0.2) is 65.6 Å². The van der Waals surface area contributed by atoms with Gasteiger partial charge in [0.05, 0.1) is 17.9 Å². The van der Waals surface area contributed by atoms with Crippen molar-refractivity contribution in [1.29, 1.82) is 0 Å². The van der Waals surface area contributed by atoms with E-state index in [2.05, 4.69) is 27.2 Å². The predicted octanol–water partition coefficient (Wildman–Crippen LogP) is 3.90. The van der Waals surface area contributed by atoms with Crippen LogP contribution in [0, 0.1) is 0 Å². The van der Waals surface area contributed by atoms with Crippen LogP contribution in [0.3, 0.4) is 0 Å². The van der Waals surface area contributed by atoms with Gasteiger partial charge in [0.1, 0.15) is 5.75 Å². The van der Waals surface area contributed by atoms with Crippen LogP contribution in [0.2, 0.25) is 5.15 Å². The molecule has 0 bridgehead atoms. The van der Waals surface area contributed by atoms with Gasteiger partial charge in [0.15, 0.2) is 11.0 Å². The molecule has 0 saturated heterocycles. The van der Waals surface area contributed by atoms with Gasteiger partial charge >= 0.3 is 0 Å². The number of rotatable bonds is 9. The average Bonchev–Trinajstić information content (AvgIpc) is 2.76. The van der Waals surface area contributed by atoms with Crippen LogP contribution in [-0.2, 0) is 21.2 Å². The van der Waals surface area contributed by atoms with Crippen LogP contribution < -0.4 is 14.8 Å². The van der Waals surface area contributed by atoms with E-state index in [4.69, 9.17) is 16.3 Å². The van der Waals surface area contributed by atoms with E-state index in [1.165, 1.54) is 42.0 Å². The Labute approximate surface area is 185 Å². The third-order valence-electron chi connectivity index (χ3n) is 4.25. The highest BCUT2D eigenvalue weighted by Crippen LogP contribution is 2.18. The van der Waals surface area contributed by atoms with E-state index in [0.717, 1.165) is 6.42 Å². The largest absolute Gasteiger partial charge is 0.493 e. The molecular weight excluding hydrogens is 440 g/mol. The summed E-state index contributed by atoms with van der Waals surface area (Å²) in [5.41, 5.74) is 1.69. The van der Waals surface area contributed by atoms with Crippen molar-refractivity contribution in [1.82, 2.24) is 10.2 Å². The van der Waals surface area contributed by atoms with Gasteiger partial charge in [-0.3, -0.25) is 9.52 Å². The molecular formula is C21H21ClN4O4S. The highest BCUT2D eigenvalue weighted by molar-refractivity contribution is 7.92. The minimum atomic E-state index is -3.85. The zero-order chi connectivity index (χ0) is 22.3. The second kappa shape index (κ2) is 10.2. The van der Waals surface area contributed by atoms with Gasteiger partial charge in [0.2, 0.25) is 5.91 Å². The first-order chi connectivity index (χ1) is 14.9. The molecule has 10 heteroatoms. The number of amides is 1. The fourth-order valence-electron chi connectivity index (χ4n) is 2.59. The number of nitrogens with zero attached hydrogens (tertiary/aromatic N) is 2. The Morgan fingerprint density at radius 3 is 2.32 bits per heavy atom. The molecule has 0 fully saturated rings. The number of halogens is 1. The fraction of sp³-hybridized carbons (Fsp3) is 0.190. The lowest BCUT2D eigenvalue weighted by Gasteiger charge is -2.09. The van der Waals surface area contributed by atoms with Gasteiger partial charge in [0, 0.05) is 5.69 Å². The maximum atomic E-state index is 12.4. The zero-order valence-corrected chi connectivity index (χ0v) is 18.3. The van der Waals surface area contributed by atoms with E-state index in [1.807, 2.05) is 24.3 Å². The molecule has 0 saturated carbocycles. The van der Waals surface area contributed by atoms with Crippen LogP contribution in [0.1, 0.15) is 18.9 Å². The lowest BCUT2D eigenvalue weighted by atomic mass is 10.2. The maximum Gasteiger partial charge on any atom is 0.263 e. The molecule has 162 valence electrons. The number of hydrogen-bond acceptors (Lipinski definition) is 6. The van der Waals surface area contributed by atoms with E-state index < -0.39 is 10.0 Å². The first kappa shape index (κ1) is 22.5. The number of anilines is 2. The minimum Gasteiger partial charge on any atom is -0.493 e. The van der Waals surface area contributed by atoms with E-state index >= 15 is 0 Å². The van der Waals surface area contributed by atoms with Crippen molar-refractivity contribution in [3.05, 3.63) is 71.4 Å². The van der Waals surface area contributed by atoms with Crippen molar-refractivity contribution in [2.24, 2.45) is 0 Å². The summed E-state index contributed by atoms with van der Waals surface area (Å²) in [5.74, 6) is 0.513. The predicted molar refractivity (Wildman–Crippen MR) is 119 cm³/mol. The van der Waals surface area contributed by atoms with Crippen LogP contribution in [-0.4, -0.2) is 31.1 Å². The number of benzene rings is 2. The van der Waals surface area contributed by atoms with Crippen molar-refractivity contribution in [3.63, 3.8) is 0 Å². The molecule has 0 aliphatic heterocycles. The number of carbonyl (C=O) groups excluding carboxylic acids is 1. The second-order valence-electron chi connectivity index (χ2n) is 6.52. The van der Waals surface area contributed by atoms with Crippen molar-refractivity contribution in [2.45, 2.75) is 24.7 Å². The number of nitrogens with one attached hydrogen (secondary N) is 2. The monoisotopic (exact) mass is 460 g/mol. The lowest BCUT2D eigenvalue weighted by Crippen LogP contribution is -2.16. The molecule has 0 spiro atoms. The maximum absolute atomic E-state index is 12.4. The highest BCUT2D eigenvalue weighted by atomic mass is 35.5. The summed E-state index contributed by atoms with van der Waals surface area (Å²) >= 11 is 5.64. The average molecular weight is 461 g/mol. The van der Waals surface area contributed by atoms with Gasteiger partial charge in [-0.2, -0.15) is 0 Å². The Kier molecular flexibility index (Phi) is 7.43. The van der Waals surface area contributed by atoms with Gasteiger partial charge in [-0.15, -0.1) is 10.2 Å². The lowest BCUT2D eigenvalue weighted by molar-refractivity contribution is -0.116.